The fourth-order valence-electron chi connectivity index (χ4n) is 2.68. The van der Waals surface area contributed by atoms with Crippen LogP contribution in [0.5, 0.6) is 0 Å². The molecule has 3 amide bonds. The van der Waals surface area contributed by atoms with Crippen molar-refractivity contribution in [3.63, 3.8) is 0 Å². The van der Waals surface area contributed by atoms with Crippen LogP contribution < -0.4 is 10.6 Å². The van der Waals surface area contributed by atoms with Crippen LogP contribution in [0.4, 0.5) is 13.2 Å². The molecule has 3 N–H and O–H groups in total. The number of aromatic nitrogens is 2. The normalized spacial score (nSPS) is 15.6. The number of nitrogens with one attached hydrogen (secondary N) is 3. The molecule has 1 aliphatic rings. The van der Waals surface area contributed by atoms with Crippen LogP contribution in [-0.4, -0.2) is 65.2 Å². The first-order valence-electron chi connectivity index (χ1n) is 8.08. The van der Waals surface area contributed by atoms with Gasteiger partial charge in [-0.05, 0) is 18.9 Å². The molecule has 0 radical (unpaired) electrons. The zero-order chi connectivity index (χ0) is 19.3. The van der Waals surface area contributed by atoms with Crippen molar-refractivity contribution in [1.29, 1.82) is 0 Å². The van der Waals surface area contributed by atoms with Gasteiger partial charge in [0.2, 0.25) is 11.8 Å². The number of carbonyl (C=O) groups is 3. The average Bonchev–Trinajstić information content (AvgIpc) is 3.07. The van der Waals surface area contributed by atoms with Crippen LogP contribution in [0, 0.1) is 0 Å². The maximum Gasteiger partial charge on any atom is 0.405 e. The minimum Gasteiger partial charge on any atom is -0.347 e. The lowest BCUT2D eigenvalue weighted by molar-refractivity contribution is -0.133. The van der Waals surface area contributed by atoms with E-state index in [1.165, 1.54) is 13.0 Å². The Kier molecular flexibility index (Phi) is 6.22. The maximum absolute atomic E-state index is 12.1. The molecule has 144 valence electrons. The van der Waals surface area contributed by atoms with Crippen LogP contribution in [0.3, 0.4) is 0 Å². The molecule has 1 saturated heterocycles. The Morgan fingerprint density at radius 3 is 2.50 bits per heavy atom. The molecule has 1 aromatic rings. The van der Waals surface area contributed by atoms with E-state index in [2.05, 4.69) is 15.5 Å². The molecule has 1 aliphatic heterocycles. The van der Waals surface area contributed by atoms with Crippen molar-refractivity contribution < 1.29 is 27.6 Å². The van der Waals surface area contributed by atoms with Crippen molar-refractivity contribution in [3.8, 4) is 0 Å². The first-order chi connectivity index (χ1) is 12.2. The van der Waals surface area contributed by atoms with Gasteiger partial charge in [0.15, 0.2) is 0 Å². The quantitative estimate of drug-likeness (QED) is 0.698. The number of hydrogen-bond acceptors (Lipinski definition) is 4. The van der Waals surface area contributed by atoms with Crippen molar-refractivity contribution in [2.24, 2.45) is 0 Å². The number of halogens is 3. The number of H-pyrrole nitrogens is 1. The summed E-state index contributed by atoms with van der Waals surface area (Å²) in [6.45, 7) is 0.839. The fraction of sp³-hybridized carbons (Fsp3) is 0.600. The molecular weight excluding hydrogens is 355 g/mol. The second-order valence-corrected chi connectivity index (χ2v) is 6.07. The van der Waals surface area contributed by atoms with Gasteiger partial charge in [-0.25, -0.2) is 0 Å². The summed E-state index contributed by atoms with van der Waals surface area (Å²) in [5, 5.41) is 10.7. The Hall–Kier alpha value is -2.59. The highest BCUT2D eigenvalue weighted by Gasteiger charge is 2.29. The SMILES string of the molecule is CC(=O)NCC(=O)N1CCC(c2cc(C(=O)NCC(F)(F)F)n[nH]2)CC1. The summed E-state index contributed by atoms with van der Waals surface area (Å²) in [4.78, 5) is 36.1. The van der Waals surface area contributed by atoms with Gasteiger partial charge >= 0.3 is 6.18 Å². The smallest absolute Gasteiger partial charge is 0.347 e. The number of hydrogen-bond donors (Lipinski definition) is 3. The number of likely N-dealkylation sites (tertiary alicyclic amines) is 1. The predicted molar refractivity (Wildman–Crippen MR) is 84.2 cm³/mol. The minimum atomic E-state index is -4.48. The van der Waals surface area contributed by atoms with Crippen LogP contribution in [0.25, 0.3) is 0 Å². The number of rotatable bonds is 5. The summed E-state index contributed by atoms with van der Waals surface area (Å²) in [5.41, 5.74) is 0.546. The van der Waals surface area contributed by atoms with E-state index in [9.17, 15) is 27.6 Å². The number of amides is 3. The van der Waals surface area contributed by atoms with Crippen molar-refractivity contribution >= 4 is 17.7 Å². The monoisotopic (exact) mass is 375 g/mol. The highest BCUT2D eigenvalue weighted by molar-refractivity contribution is 5.92. The van der Waals surface area contributed by atoms with Gasteiger partial charge in [0.1, 0.15) is 12.2 Å². The molecule has 0 aromatic carbocycles. The zero-order valence-corrected chi connectivity index (χ0v) is 14.2. The molecule has 8 nitrogen and oxygen atoms in total. The number of carbonyl (C=O) groups excluding carboxylic acids is 3. The van der Waals surface area contributed by atoms with E-state index in [1.807, 2.05) is 0 Å². The molecule has 0 unspecified atom stereocenters. The lowest BCUT2D eigenvalue weighted by Gasteiger charge is -2.31. The number of nitrogens with zero attached hydrogens (tertiary/aromatic N) is 2. The molecule has 0 atom stereocenters. The maximum atomic E-state index is 12.1. The standard InChI is InChI=1S/C15H20F3N5O3/c1-9(24)19-7-13(25)23-4-2-10(3-5-23)11-6-12(22-21-11)14(26)20-8-15(16,17)18/h6,10H,2-5,7-8H2,1H3,(H,19,24)(H,20,26)(H,21,22). The van der Waals surface area contributed by atoms with Gasteiger partial charge < -0.3 is 15.5 Å². The summed E-state index contributed by atoms with van der Waals surface area (Å²) in [6, 6.07) is 1.44. The number of alkyl halides is 3. The Balaban J connectivity index is 1.84. The lowest BCUT2D eigenvalue weighted by Crippen LogP contribution is -2.43. The first-order valence-corrected chi connectivity index (χ1v) is 8.08. The highest BCUT2D eigenvalue weighted by atomic mass is 19.4. The van der Waals surface area contributed by atoms with Gasteiger partial charge in [-0.3, -0.25) is 19.5 Å². The average molecular weight is 375 g/mol. The zero-order valence-electron chi connectivity index (χ0n) is 14.2. The third-order valence-electron chi connectivity index (χ3n) is 4.06. The van der Waals surface area contributed by atoms with Gasteiger partial charge in [0.25, 0.3) is 5.91 Å². The van der Waals surface area contributed by atoms with E-state index in [0.717, 1.165) is 0 Å². The highest BCUT2D eigenvalue weighted by Crippen LogP contribution is 2.27. The van der Waals surface area contributed by atoms with Crippen LogP contribution in [0.15, 0.2) is 6.07 Å². The van der Waals surface area contributed by atoms with Gasteiger partial charge in [-0.2, -0.15) is 18.3 Å². The van der Waals surface area contributed by atoms with Gasteiger partial charge in [-0.15, -0.1) is 0 Å². The lowest BCUT2D eigenvalue weighted by atomic mass is 9.93. The largest absolute Gasteiger partial charge is 0.405 e. The van der Waals surface area contributed by atoms with Crippen LogP contribution in [0.2, 0.25) is 0 Å². The second kappa shape index (κ2) is 8.19. The molecule has 0 bridgehead atoms. The van der Waals surface area contributed by atoms with Crippen LogP contribution in [0.1, 0.15) is 41.9 Å². The van der Waals surface area contributed by atoms with E-state index in [0.29, 0.717) is 31.6 Å². The predicted octanol–water partition coefficient (Wildman–Crippen LogP) is 0.544. The van der Waals surface area contributed by atoms with Crippen LogP contribution in [-0.2, 0) is 9.59 Å². The van der Waals surface area contributed by atoms with E-state index in [1.54, 1.807) is 10.2 Å². The Morgan fingerprint density at radius 2 is 1.92 bits per heavy atom. The van der Waals surface area contributed by atoms with E-state index in [4.69, 9.17) is 0 Å². The number of aromatic amines is 1. The molecule has 0 aliphatic carbocycles. The van der Waals surface area contributed by atoms with E-state index >= 15 is 0 Å². The van der Waals surface area contributed by atoms with Crippen molar-refractivity contribution in [3.05, 3.63) is 17.5 Å². The first kappa shape index (κ1) is 19.7. The summed E-state index contributed by atoms with van der Waals surface area (Å²) >= 11 is 0. The fourth-order valence-corrected chi connectivity index (χ4v) is 2.68. The Morgan fingerprint density at radius 1 is 1.27 bits per heavy atom. The molecule has 0 saturated carbocycles. The summed E-state index contributed by atoms with van der Waals surface area (Å²) in [7, 11) is 0. The molecule has 1 aromatic heterocycles. The van der Waals surface area contributed by atoms with E-state index < -0.39 is 18.6 Å². The van der Waals surface area contributed by atoms with Gasteiger partial charge in [0.05, 0.1) is 6.54 Å². The van der Waals surface area contributed by atoms with E-state index in [-0.39, 0.29) is 30.0 Å². The molecule has 0 spiro atoms. The second-order valence-electron chi connectivity index (χ2n) is 6.07. The summed E-state index contributed by atoms with van der Waals surface area (Å²) in [6.07, 6.45) is -3.24. The Bertz CT molecular complexity index is 666. The van der Waals surface area contributed by atoms with Gasteiger partial charge in [-0.1, -0.05) is 0 Å². The Labute approximate surface area is 147 Å². The third kappa shape index (κ3) is 5.74. The van der Waals surface area contributed by atoms with Gasteiger partial charge in [0, 0.05) is 31.6 Å². The topological polar surface area (TPSA) is 107 Å². The summed E-state index contributed by atoms with van der Waals surface area (Å²) < 4.78 is 36.4. The third-order valence-corrected chi connectivity index (χ3v) is 4.06. The van der Waals surface area contributed by atoms with Crippen molar-refractivity contribution in [1.82, 2.24) is 25.7 Å². The summed E-state index contributed by atoms with van der Waals surface area (Å²) in [5.74, 6) is -1.32. The molecule has 11 heteroatoms. The molecule has 2 heterocycles. The molecule has 26 heavy (non-hydrogen) atoms. The molecular formula is C15H20F3N5O3. The minimum absolute atomic E-state index is 0.0245. The molecule has 2 rings (SSSR count). The van der Waals surface area contributed by atoms with Crippen molar-refractivity contribution in [2.75, 3.05) is 26.2 Å². The van der Waals surface area contributed by atoms with Crippen molar-refractivity contribution in [2.45, 2.75) is 31.9 Å². The van der Waals surface area contributed by atoms with Crippen LogP contribution >= 0.6 is 0 Å². The number of piperidine rings is 1. The molecule has 1 fully saturated rings.